The third-order valence-electron chi connectivity index (χ3n) is 3.94. The second-order valence-corrected chi connectivity index (χ2v) is 6.36. The van der Waals surface area contributed by atoms with Crippen LogP contribution in [0.1, 0.15) is 39.0 Å². The van der Waals surface area contributed by atoms with Gasteiger partial charge in [0.2, 0.25) is 0 Å². The van der Waals surface area contributed by atoms with E-state index < -0.39 is 17.0 Å². The number of ether oxygens (including phenoxy) is 3. The molecule has 0 spiro atoms. The van der Waals surface area contributed by atoms with Crippen LogP contribution in [0.25, 0.3) is 0 Å². The lowest BCUT2D eigenvalue weighted by Gasteiger charge is -2.15. The van der Waals surface area contributed by atoms with Crippen molar-refractivity contribution < 1.29 is 23.9 Å². The zero-order valence-corrected chi connectivity index (χ0v) is 14.9. The van der Waals surface area contributed by atoms with Crippen molar-refractivity contribution in [1.29, 1.82) is 0 Å². The van der Waals surface area contributed by atoms with Crippen LogP contribution >= 0.6 is 11.6 Å². The van der Waals surface area contributed by atoms with Crippen LogP contribution in [0.5, 0.6) is 5.75 Å². The molecule has 0 bridgehead atoms. The summed E-state index contributed by atoms with van der Waals surface area (Å²) in [5, 5.41) is 11.2. The van der Waals surface area contributed by atoms with Gasteiger partial charge in [-0.25, -0.2) is 4.79 Å². The number of esters is 1. The van der Waals surface area contributed by atoms with Gasteiger partial charge in [0, 0.05) is 17.5 Å². The minimum absolute atomic E-state index is 0.0246. The minimum atomic E-state index is -0.962. The topological polar surface area (TPSA) is 87.9 Å². The van der Waals surface area contributed by atoms with E-state index in [-0.39, 0.29) is 23.1 Å². The molecule has 0 saturated heterocycles. The fourth-order valence-corrected chi connectivity index (χ4v) is 2.79. The zero-order valence-electron chi connectivity index (χ0n) is 14.1. The molecule has 7 nitrogen and oxygen atoms in total. The second kappa shape index (κ2) is 9.58. The highest BCUT2D eigenvalue weighted by Crippen LogP contribution is 2.30. The molecular formula is C17H22ClNO6. The van der Waals surface area contributed by atoms with Crippen LogP contribution < -0.4 is 4.74 Å². The number of benzene rings is 1. The maximum absolute atomic E-state index is 11.9. The molecule has 1 unspecified atom stereocenters. The number of carbonyl (C=O) groups excluding carboxylic acids is 1. The van der Waals surface area contributed by atoms with Gasteiger partial charge in [-0.3, -0.25) is 10.1 Å². The summed E-state index contributed by atoms with van der Waals surface area (Å²) >= 11 is 5.74. The Balaban J connectivity index is 1.73. The molecule has 1 aromatic rings. The largest absolute Gasteiger partial charge is 0.472 e. The molecule has 1 atom stereocenters. The summed E-state index contributed by atoms with van der Waals surface area (Å²) in [7, 11) is 0. The monoisotopic (exact) mass is 371 g/mol. The van der Waals surface area contributed by atoms with Gasteiger partial charge in [-0.15, -0.1) is 0 Å². The van der Waals surface area contributed by atoms with Crippen molar-refractivity contribution in [3.05, 3.63) is 33.3 Å². The Labute approximate surface area is 151 Å². The number of nitrogens with zero attached hydrogens (tertiary/aromatic N) is 1. The fraction of sp³-hybridized carbons (Fsp3) is 0.588. The van der Waals surface area contributed by atoms with Crippen LogP contribution in [-0.2, 0) is 14.3 Å². The summed E-state index contributed by atoms with van der Waals surface area (Å²) in [6.07, 6.45) is 4.61. The van der Waals surface area contributed by atoms with Crippen molar-refractivity contribution in [2.45, 2.75) is 51.2 Å². The van der Waals surface area contributed by atoms with Crippen LogP contribution in [0.4, 0.5) is 5.69 Å². The van der Waals surface area contributed by atoms with E-state index >= 15 is 0 Å². The van der Waals surface area contributed by atoms with E-state index in [1.807, 2.05) is 0 Å². The number of nitro groups is 1. The smallest absolute Gasteiger partial charge is 0.347 e. The first-order valence-electron chi connectivity index (χ1n) is 8.36. The highest BCUT2D eigenvalue weighted by atomic mass is 35.5. The molecule has 1 aliphatic carbocycles. The zero-order chi connectivity index (χ0) is 18.2. The first kappa shape index (κ1) is 19.5. The molecule has 138 valence electrons. The van der Waals surface area contributed by atoms with E-state index in [1.165, 1.54) is 38.0 Å². The SMILES string of the molecule is CC(Oc1ccc(Cl)cc1[N+](=O)[O-])C(=O)OCCCOC1CCCC1. The van der Waals surface area contributed by atoms with E-state index in [9.17, 15) is 14.9 Å². The average Bonchev–Trinajstić information content (AvgIpc) is 3.09. The second-order valence-electron chi connectivity index (χ2n) is 5.93. The molecule has 0 N–H and O–H groups in total. The molecule has 1 fully saturated rings. The van der Waals surface area contributed by atoms with E-state index in [1.54, 1.807) is 0 Å². The predicted molar refractivity (Wildman–Crippen MR) is 92.0 cm³/mol. The third kappa shape index (κ3) is 6.17. The number of nitro benzene ring substituents is 1. The Kier molecular flexibility index (Phi) is 7.46. The first-order valence-corrected chi connectivity index (χ1v) is 8.74. The Morgan fingerprint density at radius 3 is 2.76 bits per heavy atom. The van der Waals surface area contributed by atoms with Crippen molar-refractivity contribution in [2.24, 2.45) is 0 Å². The van der Waals surface area contributed by atoms with Gasteiger partial charge in [-0.05, 0) is 31.9 Å². The summed E-state index contributed by atoms with van der Waals surface area (Å²) in [4.78, 5) is 22.3. The Hall–Kier alpha value is -1.86. The van der Waals surface area contributed by atoms with Crippen LogP contribution in [-0.4, -0.2) is 36.3 Å². The molecule has 0 amide bonds. The summed E-state index contributed by atoms with van der Waals surface area (Å²) < 4.78 is 16.2. The van der Waals surface area contributed by atoms with Gasteiger partial charge in [0.15, 0.2) is 11.9 Å². The Morgan fingerprint density at radius 2 is 2.08 bits per heavy atom. The van der Waals surface area contributed by atoms with E-state index in [4.69, 9.17) is 25.8 Å². The fourth-order valence-electron chi connectivity index (χ4n) is 2.63. The first-order chi connectivity index (χ1) is 12.0. The molecule has 1 aliphatic rings. The summed E-state index contributed by atoms with van der Waals surface area (Å²) in [6.45, 7) is 2.26. The molecule has 0 radical (unpaired) electrons. The maximum atomic E-state index is 11.9. The third-order valence-corrected chi connectivity index (χ3v) is 4.18. The number of hydrogen-bond donors (Lipinski definition) is 0. The highest BCUT2D eigenvalue weighted by molar-refractivity contribution is 6.30. The van der Waals surface area contributed by atoms with Crippen LogP contribution in [0, 0.1) is 10.1 Å². The maximum Gasteiger partial charge on any atom is 0.347 e. The van der Waals surface area contributed by atoms with Crippen LogP contribution in [0.3, 0.4) is 0 Å². The average molecular weight is 372 g/mol. The van der Waals surface area contributed by atoms with Crippen molar-refractivity contribution in [1.82, 2.24) is 0 Å². The van der Waals surface area contributed by atoms with Crippen molar-refractivity contribution in [2.75, 3.05) is 13.2 Å². The minimum Gasteiger partial charge on any atom is -0.472 e. The lowest BCUT2D eigenvalue weighted by atomic mass is 10.3. The van der Waals surface area contributed by atoms with Gasteiger partial charge in [0.05, 0.1) is 24.2 Å². The Morgan fingerprint density at radius 1 is 1.36 bits per heavy atom. The standard InChI is InChI=1S/C17H22ClNO6/c1-12(25-16-8-7-13(18)11-15(16)19(21)22)17(20)24-10-4-9-23-14-5-2-3-6-14/h7-8,11-12,14H,2-6,9-10H2,1H3. The number of halogens is 1. The van der Waals surface area contributed by atoms with Crippen molar-refractivity contribution in [3.63, 3.8) is 0 Å². The lowest BCUT2D eigenvalue weighted by Crippen LogP contribution is -2.27. The quantitative estimate of drug-likeness (QED) is 0.283. The molecule has 1 saturated carbocycles. The van der Waals surface area contributed by atoms with Gasteiger partial charge in [-0.2, -0.15) is 0 Å². The number of rotatable bonds is 9. The Bertz CT molecular complexity index is 603. The molecule has 8 heteroatoms. The highest BCUT2D eigenvalue weighted by Gasteiger charge is 2.22. The number of carbonyl (C=O) groups is 1. The van der Waals surface area contributed by atoms with Gasteiger partial charge in [-0.1, -0.05) is 24.4 Å². The van der Waals surface area contributed by atoms with Gasteiger partial charge in [0.1, 0.15) is 0 Å². The van der Waals surface area contributed by atoms with E-state index in [0.717, 1.165) is 12.8 Å². The van der Waals surface area contributed by atoms with Gasteiger partial charge < -0.3 is 14.2 Å². The molecule has 1 aromatic carbocycles. The molecular weight excluding hydrogens is 350 g/mol. The summed E-state index contributed by atoms with van der Waals surface area (Å²) in [6, 6.07) is 4.00. The van der Waals surface area contributed by atoms with Crippen molar-refractivity contribution >= 4 is 23.3 Å². The molecule has 25 heavy (non-hydrogen) atoms. The normalized spacial score (nSPS) is 15.8. The number of hydrogen-bond acceptors (Lipinski definition) is 6. The molecule has 0 aliphatic heterocycles. The van der Waals surface area contributed by atoms with E-state index in [0.29, 0.717) is 19.1 Å². The van der Waals surface area contributed by atoms with Crippen LogP contribution in [0.2, 0.25) is 5.02 Å². The van der Waals surface area contributed by atoms with Crippen LogP contribution in [0.15, 0.2) is 18.2 Å². The van der Waals surface area contributed by atoms with Crippen molar-refractivity contribution in [3.8, 4) is 5.75 Å². The molecule has 2 rings (SSSR count). The molecule has 0 heterocycles. The van der Waals surface area contributed by atoms with Gasteiger partial charge >= 0.3 is 11.7 Å². The summed E-state index contributed by atoms with van der Waals surface area (Å²) in [5.41, 5.74) is -0.294. The lowest BCUT2D eigenvalue weighted by molar-refractivity contribution is -0.386. The predicted octanol–water partition coefficient (Wildman–Crippen LogP) is 3.91. The van der Waals surface area contributed by atoms with E-state index in [2.05, 4.69) is 0 Å². The molecule has 0 aromatic heterocycles. The van der Waals surface area contributed by atoms with Gasteiger partial charge in [0.25, 0.3) is 0 Å². The summed E-state index contributed by atoms with van der Waals surface area (Å²) in [5.74, 6) is -0.603.